The van der Waals surface area contributed by atoms with Gasteiger partial charge in [-0.1, -0.05) is 32.0 Å². The van der Waals surface area contributed by atoms with Gasteiger partial charge < -0.3 is 4.98 Å². The molecule has 0 saturated carbocycles. The minimum absolute atomic E-state index is 0.601. The molecule has 0 bridgehead atoms. The summed E-state index contributed by atoms with van der Waals surface area (Å²) in [6, 6.07) is 6.45. The summed E-state index contributed by atoms with van der Waals surface area (Å²) in [5.41, 5.74) is 1.42. The zero-order valence-corrected chi connectivity index (χ0v) is 7.46. The molecule has 0 aliphatic heterocycles. The number of nitrogens with one attached hydrogen (secondary N) is 1. The molecular weight excluding hydrogens is 146 g/mol. The van der Waals surface area contributed by atoms with Gasteiger partial charge in [-0.15, -0.1) is 0 Å². The topological polar surface area (TPSA) is 15.8 Å². The van der Waals surface area contributed by atoms with Crippen molar-refractivity contribution < 1.29 is 0 Å². The van der Waals surface area contributed by atoms with Crippen molar-refractivity contribution in [3.05, 3.63) is 36.2 Å². The molecule has 0 unspecified atom stereocenters. The number of hydrogen-bond donors (Lipinski definition) is 1. The quantitative estimate of drug-likeness (QED) is 0.657. The van der Waals surface area contributed by atoms with Gasteiger partial charge in [0.2, 0.25) is 0 Å². The standard InChI is InChI=1S/C11H13N/c1-8(2)10-5-3-4-9-6-12-7-11(9)10/h3-8,12H,1-2H3. The van der Waals surface area contributed by atoms with Crippen LogP contribution in [0.4, 0.5) is 0 Å². The van der Waals surface area contributed by atoms with Crippen molar-refractivity contribution in [2.75, 3.05) is 0 Å². The fraction of sp³-hybridized carbons (Fsp3) is 0.273. The van der Waals surface area contributed by atoms with Gasteiger partial charge in [0, 0.05) is 17.8 Å². The SMILES string of the molecule is CC(C)c1cccc2c[nH]cc12. The Morgan fingerprint density at radius 1 is 1.17 bits per heavy atom. The van der Waals surface area contributed by atoms with Crippen LogP contribution in [0.5, 0.6) is 0 Å². The fourth-order valence-corrected chi connectivity index (χ4v) is 1.61. The third-order valence-corrected chi connectivity index (χ3v) is 2.26. The normalized spacial score (nSPS) is 11.2. The largest absolute Gasteiger partial charge is 0.366 e. The van der Waals surface area contributed by atoms with E-state index in [1.54, 1.807) is 0 Å². The molecule has 0 aliphatic carbocycles. The van der Waals surface area contributed by atoms with E-state index >= 15 is 0 Å². The number of aromatic nitrogens is 1. The molecule has 1 heteroatoms. The maximum atomic E-state index is 3.13. The number of rotatable bonds is 1. The Morgan fingerprint density at radius 2 is 2.00 bits per heavy atom. The lowest BCUT2D eigenvalue weighted by Crippen LogP contribution is -1.86. The van der Waals surface area contributed by atoms with Gasteiger partial charge in [-0.3, -0.25) is 0 Å². The Bertz CT molecular complexity index is 385. The van der Waals surface area contributed by atoms with Crippen LogP contribution in [0.25, 0.3) is 10.8 Å². The van der Waals surface area contributed by atoms with E-state index in [2.05, 4.69) is 43.2 Å². The highest BCUT2D eigenvalue weighted by Gasteiger charge is 2.03. The summed E-state index contributed by atoms with van der Waals surface area (Å²) in [6.07, 6.45) is 4.12. The van der Waals surface area contributed by atoms with Gasteiger partial charge in [-0.05, 0) is 16.9 Å². The zero-order valence-electron chi connectivity index (χ0n) is 7.46. The van der Waals surface area contributed by atoms with E-state index in [-0.39, 0.29) is 0 Å². The van der Waals surface area contributed by atoms with E-state index in [9.17, 15) is 0 Å². The van der Waals surface area contributed by atoms with E-state index in [0.29, 0.717) is 5.92 Å². The molecule has 1 aromatic carbocycles. The number of H-pyrrole nitrogens is 1. The van der Waals surface area contributed by atoms with Crippen LogP contribution in [0, 0.1) is 0 Å². The zero-order chi connectivity index (χ0) is 8.55. The summed E-state index contributed by atoms with van der Waals surface area (Å²) in [4.78, 5) is 3.13. The van der Waals surface area contributed by atoms with E-state index in [1.165, 1.54) is 16.3 Å². The summed E-state index contributed by atoms with van der Waals surface area (Å²) < 4.78 is 0. The van der Waals surface area contributed by atoms with Crippen molar-refractivity contribution in [1.82, 2.24) is 4.98 Å². The lowest BCUT2D eigenvalue weighted by Gasteiger charge is -2.05. The molecule has 0 aliphatic rings. The maximum absolute atomic E-state index is 3.13. The predicted molar refractivity (Wildman–Crippen MR) is 52.4 cm³/mol. The second-order valence-electron chi connectivity index (χ2n) is 3.46. The molecule has 0 spiro atoms. The van der Waals surface area contributed by atoms with Gasteiger partial charge in [0.15, 0.2) is 0 Å². The van der Waals surface area contributed by atoms with Gasteiger partial charge in [0.25, 0.3) is 0 Å². The molecule has 1 aromatic heterocycles. The summed E-state index contributed by atoms with van der Waals surface area (Å²) in [7, 11) is 0. The van der Waals surface area contributed by atoms with Crippen molar-refractivity contribution in [2.45, 2.75) is 19.8 Å². The number of hydrogen-bond acceptors (Lipinski definition) is 0. The van der Waals surface area contributed by atoms with Crippen LogP contribution < -0.4 is 0 Å². The molecule has 62 valence electrons. The first kappa shape index (κ1) is 7.41. The van der Waals surface area contributed by atoms with E-state index in [4.69, 9.17) is 0 Å². The Labute approximate surface area is 72.4 Å². The van der Waals surface area contributed by atoms with Crippen LogP contribution in [0.15, 0.2) is 30.6 Å². The van der Waals surface area contributed by atoms with Gasteiger partial charge in [-0.2, -0.15) is 0 Å². The molecule has 1 N–H and O–H groups in total. The second kappa shape index (κ2) is 2.67. The third kappa shape index (κ3) is 1.02. The van der Waals surface area contributed by atoms with Crippen molar-refractivity contribution in [3.8, 4) is 0 Å². The van der Waals surface area contributed by atoms with Crippen molar-refractivity contribution in [3.63, 3.8) is 0 Å². The minimum Gasteiger partial charge on any atom is -0.366 e. The van der Waals surface area contributed by atoms with Crippen molar-refractivity contribution >= 4 is 10.8 Å². The molecule has 0 saturated heterocycles. The molecule has 0 amide bonds. The minimum atomic E-state index is 0.601. The molecule has 2 aromatic rings. The summed E-state index contributed by atoms with van der Waals surface area (Å²) in [5, 5.41) is 2.66. The Kier molecular flexibility index (Phi) is 1.65. The first-order valence-corrected chi connectivity index (χ1v) is 4.34. The smallest absolute Gasteiger partial charge is 0.00872 e. The van der Waals surface area contributed by atoms with Crippen LogP contribution in [-0.2, 0) is 0 Å². The summed E-state index contributed by atoms with van der Waals surface area (Å²) >= 11 is 0. The highest BCUT2D eigenvalue weighted by atomic mass is 14.6. The molecule has 0 atom stereocenters. The van der Waals surface area contributed by atoms with Crippen molar-refractivity contribution in [1.29, 1.82) is 0 Å². The highest BCUT2D eigenvalue weighted by Crippen LogP contribution is 2.24. The summed E-state index contributed by atoms with van der Waals surface area (Å²) in [6.45, 7) is 4.45. The van der Waals surface area contributed by atoms with Crippen LogP contribution in [0.2, 0.25) is 0 Å². The average molecular weight is 159 g/mol. The molecule has 2 rings (SSSR count). The van der Waals surface area contributed by atoms with Crippen molar-refractivity contribution in [2.24, 2.45) is 0 Å². The molecular formula is C11H13N. The first-order valence-electron chi connectivity index (χ1n) is 4.34. The number of fused-ring (bicyclic) bond motifs is 1. The summed E-state index contributed by atoms with van der Waals surface area (Å²) in [5.74, 6) is 0.601. The average Bonchev–Trinajstić information content (AvgIpc) is 2.49. The Hall–Kier alpha value is -1.24. The second-order valence-corrected chi connectivity index (χ2v) is 3.46. The van der Waals surface area contributed by atoms with Crippen LogP contribution in [0.1, 0.15) is 25.3 Å². The predicted octanol–water partition coefficient (Wildman–Crippen LogP) is 3.29. The highest BCUT2D eigenvalue weighted by molar-refractivity contribution is 5.85. The van der Waals surface area contributed by atoms with Crippen LogP contribution in [-0.4, -0.2) is 4.98 Å². The van der Waals surface area contributed by atoms with E-state index in [0.717, 1.165) is 0 Å². The molecule has 0 radical (unpaired) electrons. The van der Waals surface area contributed by atoms with Crippen LogP contribution in [0.3, 0.4) is 0 Å². The van der Waals surface area contributed by atoms with E-state index in [1.807, 2.05) is 6.20 Å². The lowest BCUT2D eigenvalue weighted by molar-refractivity contribution is 0.876. The van der Waals surface area contributed by atoms with Gasteiger partial charge in [0.1, 0.15) is 0 Å². The Morgan fingerprint density at radius 3 is 2.75 bits per heavy atom. The molecule has 0 fully saturated rings. The Balaban J connectivity index is 2.73. The molecule has 1 heterocycles. The lowest BCUT2D eigenvalue weighted by atomic mass is 9.99. The van der Waals surface area contributed by atoms with Gasteiger partial charge in [-0.25, -0.2) is 0 Å². The number of aromatic amines is 1. The fourth-order valence-electron chi connectivity index (χ4n) is 1.61. The molecule has 12 heavy (non-hydrogen) atoms. The van der Waals surface area contributed by atoms with Gasteiger partial charge in [0.05, 0.1) is 0 Å². The molecule has 1 nitrogen and oxygen atoms in total. The maximum Gasteiger partial charge on any atom is 0.00872 e. The van der Waals surface area contributed by atoms with Crippen LogP contribution >= 0.6 is 0 Å². The first-order chi connectivity index (χ1) is 5.79. The third-order valence-electron chi connectivity index (χ3n) is 2.26. The monoisotopic (exact) mass is 159 g/mol. The number of benzene rings is 1. The van der Waals surface area contributed by atoms with Gasteiger partial charge >= 0.3 is 0 Å². The van der Waals surface area contributed by atoms with E-state index < -0.39 is 0 Å².